The number of esters is 1. The van der Waals surface area contributed by atoms with Crippen molar-refractivity contribution in [2.75, 3.05) is 13.7 Å². The number of benzene rings is 2. The highest BCUT2D eigenvalue weighted by Crippen LogP contribution is 2.39. The maximum atomic E-state index is 13.0. The van der Waals surface area contributed by atoms with Gasteiger partial charge >= 0.3 is 12.6 Å². The first-order valence-corrected chi connectivity index (χ1v) is 11.1. The van der Waals surface area contributed by atoms with E-state index in [-0.39, 0.29) is 35.3 Å². The number of carbonyl (C=O) groups excluding carboxylic acids is 2. The van der Waals surface area contributed by atoms with Crippen LogP contribution in [0.15, 0.2) is 42.5 Å². The van der Waals surface area contributed by atoms with Crippen molar-refractivity contribution in [1.82, 2.24) is 5.32 Å². The van der Waals surface area contributed by atoms with Crippen LogP contribution in [0.1, 0.15) is 54.9 Å². The Morgan fingerprint density at radius 1 is 1.12 bits per heavy atom. The largest absolute Gasteiger partial charge is 0.493 e. The molecule has 1 aliphatic carbocycles. The fraction of sp³-hybridized carbons (Fsp3) is 0.440. The molecule has 3 unspecified atom stereocenters. The number of ether oxygens (including phenoxy) is 4. The highest BCUT2D eigenvalue weighted by atomic mass is 19.3. The van der Waals surface area contributed by atoms with E-state index < -0.39 is 12.5 Å². The Bertz CT molecular complexity index is 999. The molecule has 1 N–H and O–H groups in total. The van der Waals surface area contributed by atoms with Gasteiger partial charge in [0.05, 0.1) is 13.7 Å². The number of methoxy groups -OCH3 is 1. The monoisotopic (exact) mass is 477 g/mol. The highest BCUT2D eigenvalue weighted by molar-refractivity contribution is 5.94. The normalized spacial score (nSPS) is 19.9. The molecule has 0 bridgehead atoms. The van der Waals surface area contributed by atoms with Crippen molar-refractivity contribution in [3.63, 3.8) is 0 Å². The minimum absolute atomic E-state index is 0.0886. The molecule has 1 fully saturated rings. The topological polar surface area (TPSA) is 83.1 Å². The lowest BCUT2D eigenvalue weighted by molar-refractivity contribution is -0.148. The lowest BCUT2D eigenvalue weighted by Gasteiger charge is -2.36. The minimum atomic E-state index is -2.98. The number of carbonyl (C=O) groups is 2. The third-order valence-electron chi connectivity index (χ3n) is 5.69. The molecule has 9 heteroatoms. The predicted octanol–water partition coefficient (Wildman–Crippen LogP) is 4.69. The van der Waals surface area contributed by atoms with Gasteiger partial charge in [-0.3, -0.25) is 9.59 Å². The number of alkyl halides is 2. The standard InChI is InChI=1S/C25H29F2NO6/c1-4-32-23-13-16(8-11-22(23)31-3)20-14-19(33-15(2)29)9-10-21(20)28-24(30)17-6-5-7-18(12-17)34-25(26)27/h5-8,11-13,19-21,25H,4,9-10,14H2,1-3H3,(H,28,30). The maximum Gasteiger partial charge on any atom is 0.387 e. The average Bonchev–Trinajstić information content (AvgIpc) is 2.79. The summed E-state index contributed by atoms with van der Waals surface area (Å²) in [6.45, 7) is 0.724. The van der Waals surface area contributed by atoms with E-state index in [1.54, 1.807) is 13.2 Å². The van der Waals surface area contributed by atoms with Crippen LogP contribution in [0.5, 0.6) is 17.2 Å². The SMILES string of the molecule is CCOc1cc(C2CC(OC(C)=O)CCC2NC(=O)c2cccc(OC(F)F)c2)ccc1OC. The molecule has 0 spiro atoms. The second-order valence-corrected chi connectivity index (χ2v) is 7.98. The maximum absolute atomic E-state index is 13.0. The van der Waals surface area contributed by atoms with E-state index in [1.165, 1.54) is 31.2 Å². The van der Waals surface area contributed by atoms with Crippen molar-refractivity contribution in [3.05, 3.63) is 53.6 Å². The van der Waals surface area contributed by atoms with Gasteiger partial charge in [0.25, 0.3) is 5.91 Å². The molecule has 1 saturated carbocycles. The zero-order valence-corrected chi connectivity index (χ0v) is 19.4. The molecule has 1 aliphatic rings. The van der Waals surface area contributed by atoms with Gasteiger partial charge in [-0.1, -0.05) is 12.1 Å². The van der Waals surface area contributed by atoms with Crippen LogP contribution in [0.25, 0.3) is 0 Å². The Morgan fingerprint density at radius 3 is 2.59 bits per heavy atom. The molecule has 1 amide bonds. The van der Waals surface area contributed by atoms with Crippen LogP contribution in [0, 0.1) is 0 Å². The predicted molar refractivity (Wildman–Crippen MR) is 121 cm³/mol. The minimum Gasteiger partial charge on any atom is -0.493 e. The van der Waals surface area contributed by atoms with Crippen molar-refractivity contribution in [1.29, 1.82) is 0 Å². The van der Waals surface area contributed by atoms with Crippen LogP contribution in [-0.2, 0) is 9.53 Å². The Kier molecular flexibility index (Phi) is 8.67. The van der Waals surface area contributed by atoms with Gasteiger partial charge in [-0.05, 0) is 62.1 Å². The van der Waals surface area contributed by atoms with Crippen LogP contribution in [0.4, 0.5) is 8.78 Å². The van der Waals surface area contributed by atoms with E-state index in [1.807, 2.05) is 19.1 Å². The van der Waals surface area contributed by atoms with E-state index in [9.17, 15) is 18.4 Å². The Hall–Kier alpha value is -3.36. The quantitative estimate of drug-likeness (QED) is 0.528. The average molecular weight is 478 g/mol. The summed E-state index contributed by atoms with van der Waals surface area (Å²) in [4.78, 5) is 24.5. The number of amides is 1. The fourth-order valence-corrected chi connectivity index (χ4v) is 4.27. The lowest BCUT2D eigenvalue weighted by Crippen LogP contribution is -2.44. The molecule has 184 valence electrons. The number of nitrogens with one attached hydrogen (secondary N) is 1. The van der Waals surface area contributed by atoms with E-state index in [0.29, 0.717) is 37.4 Å². The van der Waals surface area contributed by atoms with Crippen molar-refractivity contribution in [3.8, 4) is 17.2 Å². The highest BCUT2D eigenvalue weighted by Gasteiger charge is 2.34. The smallest absolute Gasteiger partial charge is 0.387 e. The fourth-order valence-electron chi connectivity index (χ4n) is 4.27. The third kappa shape index (κ3) is 6.59. The van der Waals surface area contributed by atoms with Gasteiger partial charge in [0.2, 0.25) is 0 Å². The number of rotatable bonds is 9. The second kappa shape index (κ2) is 11.7. The molecule has 7 nitrogen and oxygen atoms in total. The van der Waals surface area contributed by atoms with Crippen molar-refractivity contribution < 1.29 is 37.3 Å². The summed E-state index contributed by atoms with van der Waals surface area (Å²) in [7, 11) is 1.56. The van der Waals surface area contributed by atoms with Crippen molar-refractivity contribution in [2.24, 2.45) is 0 Å². The summed E-state index contributed by atoms with van der Waals surface area (Å²) in [6, 6.07) is 11.0. The van der Waals surface area contributed by atoms with Gasteiger partial charge in [-0.2, -0.15) is 8.78 Å². The van der Waals surface area contributed by atoms with Gasteiger partial charge < -0.3 is 24.3 Å². The Morgan fingerprint density at radius 2 is 1.91 bits per heavy atom. The first-order valence-electron chi connectivity index (χ1n) is 11.1. The van der Waals surface area contributed by atoms with E-state index in [0.717, 1.165) is 5.56 Å². The summed E-state index contributed by atoms with van der Waals surface area (Å²) in [5, 5.41) is 3.02. The molecule has 3 rings (SSSR count). The molecule has 3 atom stereocenters. The summed E-state index contributed by atoms with van der Waals surface area (Å²) < 4.78 is 46.1. The third-order valence-corrected chi connectivity index (χ3v) is 5.69. The molecular formula is C25H29F2NO6. The Labute approximate surface area is 197 Å². The number of hydrogen-bond donors (Lipinski definition) is 1. The van der Waals surface area contributed by atoms with Crippen molar-refractivity contribution in [2.45, 2.75) is 57.8 Å². The molecule has 0 aliphatic heterocycles. The molecule has 2 aromatic carbocycles. The number of hydrogen-bond acceptors (Lipinski definition) is 6. The molecule has 34 heavy (non-hydrogen) atoms. The van der Waals surface area contributed by atoms with Crippen LogP contribution >= 0.6 is 0 Å². The van der Waals surface area contributed by atoms with Gasteiger partial charge in [-0.25, -0.2) is 0 Å². The van der Waals surface area contributed by atoms with Gasteiger partial charge in [0, 0.05) is 24.4 Å². The van der Waals surface area contributed by atoms with E-state index >= 15 is 0 Å². The molecule has 0 saturated heterocycles. The summed E-state index contributed by atoms with van der Waals surface area (Å²) in [5.74, 6) is 0.154. The van der Waals surface area contributed by atoms with Gasteiger partial charge in [0.1, 0.15) is 11.9 Å². The number of halogens is 2. The summed E-state index contributed by atoms with van der Waals surface area (Å²) in [5.41, 5.74) is 1.12. The van der Waals surface area contributed by atoms with Crippen LogP contribution in [-0.4, -0.2) is 44.4 Å². The first kappa shape index (κ1) is 25.3. The summed E-state index contributed by atoms with van der Waals surface area (Å²) in [6.07, 6.45) is 1.38. The van der Waals surface area contributed by atoms with E-state index in [4.69, 9.17) is 14.2 Å². The van der Waals surface area contributed by atoms with Gasteiger partial charge in [0.15, 0.2) is 11.5 Å². The molecule has 2 aromatic rings. The van der Waals surface area contributed by atoms with Crippen LogP contribution < -0.4 is 19.5 Å². The van der Waals surface area contributed by atoms with Crippen LogP contribution in [0.3, 0.4) is 0 Å². The molecule has 0 radical (unpaired) electrons. The van der Waals surface area contributed by atoms with Crippen LogP contribution in [0.2, 0.25) is 0 Å². The first-order chi connectivity index (χ1) is 16.3. The lowest BCUT2D eigenvalue weighted by atomic mass is 9.78. The van der Waals surface area contributed by atoms with E-state index in [2.05, 4.69) is 10.1 Å². The van der Waals surface area contributed by atoms with Gasteiger partial charge in [-0.15, -0.1) is 0 Å². The zero-order chi connectivity index (χ0) is 24.7. The zero-order valence-electron chi connectivity index (χ0n) is 19.4. The second-order valence-electron chi connectivity index (χ2n) is 7.98. The molecule has 0 aromatic heterocycles. The molecule has 0 heterocycles. The summed E-state index contributed by atoms with van der Waals surface area (Å²) >= 11 is 0. The van der Waals surface area contributed by atoms with Crippen molar-refractivity contribution >= 4 is 11.9 Å². The Balaban J connectivity index is 1.85. The molecular weight excluding hydrogens is 448 g/mol.